The van der Waals surface area contributed by atoms with Crippen molar-refractivity contribution < 1.29 is 49.6 Å². The molecule has 6 N–H and O–H groups in total. The van der Waals surface area contributed by atoms with Gasteiger partial charge in [-0.15, -0.1) is 0 Å². The Hall–Kier alpha value is 0.300. The Morgan fingerprint density at radius 2 is 1.73 bits per heavy atom. The smallest absolute Gasteiger partial charge is 0.209 e. The topological polar surface area (TPSA) is 158 Å². The number of rotatable bonds is 11. The van der Waals surface area contributed by atoms with Crippen LogP contribution in [0, 0.1) is 0 Å². The van der Waals surface area contributed by atoms with Gasteiger partial charge >= 0.3 is 0 Å². The molecule has 0 aromatic heterocycles. The summed E-state index contributed by atoms with van der Waals surface area (Å²) in [6.45, 7) is 1.01. The van der Waals surface area contributed by atoms with E-state index in [0.29, 0.717) is 5.75 Å². The summed E-state index contributed by atoms with van der Waals surface area (Å²) in [7, 11) is 0. The highest BCUT2D eigenvalue weighted by Gasteiger charge is 2.45. The van der Waals surface area contributed by atoms with Gasteiger partial charge < -0.3 is 49.6 Å². The van der Waals surface area contributed by atoms with Crippen molar-refractivity contribution >= 4 is 25.3 Å². The Labute approximate surface area is 162 Å². The van der Waals surface area contributed by atoms with Gasteiger partial charge in [-0.25, -0.2) is 0 Å². The first-order chi connectivity index (χ1) is 12.3. The molecule has 8 atom stereocenters. The Morgan fingerprint density at radius 3 is 2.23 bits per heavy atom. The van der Waals surface area contributed by atoms with Crippen molar-refractivity contribution in [3.63, 3.8) is 0 Å². The Balaban J connectivity index is 2.70. The molecule has 0 aromatic carbocycles. The van der Waals surface area contributed by atoms with Crippen molar-refractivity contribution in [2.45, 2.75) is 62.4 Å². The molecule has 0 spiro atoms. The van der Waals surface area contributed by atoms with E-state index in [1.165, 1.54) is 6.92 Å². The molecule has 1 heterocycles. The molecule has 156 valence electrons. The molecule has 0 aliphatic carbocycles. The van der Waals surface area contributed by atoms with Crippen LogP contribution in [0.15, 0.2) is 0 Å². The third-order valence-electron chi connectivity index (χ3n) is 3.83. The normalized spacial score (nSPS) is 33.2. The quantitative estimate of drug-likeness (QED) is 0.129. The fourth-order valence-electron chi connectivity index (χ4n) is 2.32. The van der Waals surface area contributed by atoms with Crippen LogP contribution in [0.5, 0.6) is 0 Å². The molecule has 10 nitrogen and oxygen atoms in total. The molecule has 12 heteroatoms. The maximum absolute atomic E-state index is 10.0. The summed E-state index contributed by atoms with van der Waals surface area (Å²) in [5, 5.41) is 57.7. The van der Waals surface area contributed by atoms with Gasteiger partial charge in [0, 0.05) is 11.5 Å². The number of aliphatic hydroxyl groups is 6. The summed E-state index contributed by atoms with van der Waals surface area (Å²) in [5.74, 6) is 0.394. The maximum Gasteiger partial charge on any atom is 0.209 e. The largest absolute Gasteiger partial charge is 0.394 e. The van der Waals surface area contributed by atoms with Crippen molar-refractivity contribution in [3.8, 4) is 0 Å². The summed E-state index contributed by atoms with van der Waals surface area (Å²) < 4.78 is 21.3. The SMILES string of the molecule is C[C@H](OC1OC(CS)C(O)C(O)C1O)C(CO)OC(OCCS)C(O)O. The van der Waals surface area contributed by atoms with E-state index in [4.69, 9.17) is 18.9 Å². The van der Waals surface area contributed by atoms with Crippen molar-refractivity contribution in [2.24, 2.45) is 0 Å². The zero-order valence-electron chi connectivity index (χ0n) is 14.2. The van der Waals surface area contributed by atoms with Gasteiger partial charge in [0.1, 0.15) is 24.4 Å². The number of hydrogen-bond donors (Lipinski definition) is 8. The highest BCUT2D eigenvalue weighted by atomic mass is 32.1. The average molecular weight is 421 g/mol. The van der Waals surface area contributed by atoms with Gasteiger partial charge in [-0.3, -0.25) is 0 Å². The van der Waals surface area contributed by atoms with Crippen molar-refractivity contribution in [3.05, 3.63) is 0 Å². The van der Waals surface area contributed by atoms with Crippen molar-refractivity contribution in [2.75, 3.05) is 24.7 Å². The monoisotopic (exact) mass is 420 g/mol. The summed E-state index contributed by atoms with van der Waals surface area (Å²) >= 11 is 7.94. The Kier molecular flexibility index (Phi) is 11.2. The van der Waals surface area contributed by atoms with Crippen LogP contribution in [0.25, 0.3) is 0 Å². The lowest BCUT2D eigenvalue weighted by atomic mass is 10.00. The summed E-state index contributed by atoms with van der Waals surface area (Å²) in [5.41, 5.74) is 0. The molecule has 0 amide bonds. The van der Waals surface area contributed by atoms with Gasteiger partial charge in [-0.1, -0.05) is 0 Å². The molecule has 0 aromatic rings. The Morgan fingerprint density at radius 1 is 1.08 bits per heavy atom. The number of hydrogen-bond acceptors (Lipinski definition) is 12. The van der Waals surface area contributed by atoms with Gasteiger partial charge in [0.15, 0.2) is 6.29 Å². The van der Waals surface area contributed by atoms with E-state index in [0.717, 1.165) is 0 Å². The first kappa shape index (κ1) is 24.3. The zero-order valence-corrected chi connectivity index (χ0v) is 16.0. The third-order valence-corrected chi connectivity index (χ3v) is 4.37. The van der Waals surface area contributed by atoms with Crippen molar-refractivity contribution in [1.82, 2.24) is 0 Å². The number of aliphatic hydroxyl groups excluding tert-OH is 5. The van der Waals surface area contributed by atoms with Crippen LogP contribution < -0.4 is 0 Å². The van der Waals surface area contributed by atoms with E-state index in [1.54, 1.807) is 0 Å². The first-order valence-corrected chi connectivity index (χ1v) is 9.34. The predicted molar refractivity (Wildman–Crippen MR) is 94.9 cm³/mol. The molecule has 0 saturated carbocycles. The lowest BCUT2D eigenvalue weighted by Crippen LogP contribution is -2.59. The second-order valence-electron chi connectivity index (χ2n) is 5.77. The third kappa shape index (κ3) is 6.72. The summed E-state index contributed by atoms with van der Waals surface area (Å²) in [6, 6.07) is 0. The maximum atomic E-state index is 10.0. The van der Waals surface area contributed by atoms with Crippen LogP contribution in [-0.2, 0) is 18.9 Å². The summed E-state index contributed by atoms with van der Waals surface area (Å²) in [6.07, 6.45) is -11.9. The molecular weight excluding hydrogens is 392 g/mol. The van der Waals surface area contributed by atoms with Gasteiger partial charge in [0.25, 0.3) is 0 Å². The predicted octanol–water partition coefficient (Wildman–Crippen LogP) is -2.91. The summed E-state index contributed by atoms with van der Waals surface area (Å²) in [4.78, 5) is 0. The van der Waals surface area contributed by atoms with E-state index >= 15 is 0 Å². The highest BCUT2D eigenvalue weighted by molar-refractivity contribution is 7.80. The fourth-order valence-corrected chi connectivity index (χ4v) is 2.73. The molecule has 1 saturated heterocycles. The molecular formula is C14H28O10S2. The Bertz CT molecular complexity index is 389. The van der Waals surface area contributed by atoms with Crippen LogP contribution in [0.3, 0.4) is 0 Å². The molecule has 26 heavy (non-hydrogen) atoms. The lowest BCUT2D eigenvalue weighted by molar-refractivity contribution is -0.324. The van der Waals surface area contributed by atoms with Crippen LogP contribution >= 0.6 is 25.3 Å². The minimum Gasteiger partial charge on any atom is -0.394 e. The van der Waals surface area contributed by atoms with E-state index in [-0.39, 0.29) is 12.4 Å². The first-order valence-electron chi connectivity index (χ1n) is 8.07. The van der Waals surface area contributed by atoms with Crippen LogP contribution in [0.4, 0.5) is 0 Å². The van der Waals surface area contributed by atoms with Gasteiger partial charge in [0.05, 0.1) is 25.4 Å². The molecule has 1 aliphatic rings. The lowest BCUT2D eigenvalue weighted by Gasteiger charge is -2.41. The van der Waals surface area contributed by atoms with Crippen molar-refractivity contribution in [1.29, 1.82) is 0 Å². The molecule has 1 rings (SSSR count). The second kappa shape index (κ2) is 12.0. The van der Waals surface area contributed by atoms with E-state index in [2.05, 4.69) is 25.3 Å². The average Bonchev–Trinajstić information content (AvgIpc) is 2.61. The van der Waals surface area contributed by atoms with Crippen LogP contribution in [-0.4, -0.2) is 111 Å². The minimum atomic E-state index is -1.96. The highest BCUT2D eigenvalue weighted by Crippen LogP contribution is 2.25. The molecule has 7 unspecified atom stereocenters. The van der Waals surface area contributed by atoms with Gasteiger partial charge in [-0.2, -0.15) is 25.3 Å². The molecule has 1 fully saturated rings. The second-order valence-corrected chi connectivity index (χ2v) is 6.58. The van der Waals surface area contributed by atoms with Gasteiger partial charge in [-0.05, 0) is 6.92 Å². The van der Waals surface area contributed by atoms with Crippen LogP contribution in [0.1, 0.15) is 6.92 Å². The van der Waals surface area contributed by atoms with E-state index in [9.17, 15) is 30.6 Å². The van der Waals surface area contributed by atoms with E-state index in [1.807, 2.05) is 0 Å². The fraction of sp³-hybridized carbons (Fsp3) is 1.00. The van der Waals surface area contributed by atoms with Crippen LogP contribution in [0.2, 0.25) is 0 Å². The molecule has 0 bridgehead atoms. The number of ether oxygens (including phenoxy) is 4. The zero-order chi connectivity index (χ0) is 19.9. The number of thiol groups is 2. The van der Waals surface area contributed by atoms with Gasteiger partial charge in [0.2, 0.25) is 12.6 Å². The van der Waals surface area contributed by atoms with E-state index < -0.39 is 62.1 Å². The molecule has 1 aliphatic heterocycles. The minimum absolute atomic E-state index is 0.0788. The standard InChI is InChI=1S/C14H28O10S2/c1-6(7(4-15)23-14(12(19)20)21-2-3-25)22-13-11(18)10(17)9(16)8(5-26)24-13/h6-20,25-26H,2-5H2,1H3/t6-,7?,8?,9?,10?,11?,13?,14?/m0/s1. The molecule has 0 radical (unpaired) electrons.